The van der Waals surface area contributed by atoms with E-state index in [0.29, 0.717) is 39.4 Å². The molecule has 0 saturated carbocycles. The van der Waals surface area contributed by atoms with E-state index in [1.54, 1.807) is 54.6 Å². The molecule has 0 fully saturated rings. The number of hydrogen-bond donors (Lipinski definition) is 2. The van der Waals surface area contributed by atoms with Crippen LogP contribution in [0.3, 0.4) is 0 Å². The standard InChI is InChI=1S/C21H13N3O3/c25-19-15-7-3-4-8-16(15)22-17-10-9-12(11-18(17)23-19)24-20(26)13-5-1-2-6-14(13)21(24)27/h1-11,22H,(H,23,25). The van der Waals surface area contributed by atoms with E-state index in [2.05, 4.69) is 10.6 Å². The second-order valence-electron chi connectivity index (χ2n) is 6.35. The largest absolute Gasteiger partial charge is 0.353 e. The lowest BCUT2D eigenvalue weighted by atomic mass is 10.1. The Morgan fingerprint density at radius 1 is 0.593 bits per heavy atom. The van der Waals surface area contributed by atoms with Gasteiger partial charge in [0.25, 0.3) is 17.7 Å². The van der Waals surface area contributed by atoms with Crippen molar-refractivity contribution < 1.29 is 14.4 Å². The zero-order chi connectivity index (χ0) is 18.5. The van der Waals surface area contributed by atoms with Crippen molar-refractivity contribution in [3.05, 3.63) is 83.4 Å². The molecule has 3 aromatic carbocycles. The maximum Gasteiger partial charge on any atom is 0.266 e. The van der Waals surface area contributed by atoms with E-state index in [0.717, 1.165) is 4.90 Å². The predicted molar refractivity (Wildman–Crippen MR) is 102 cm³/mol. The minimum Gasteiger partial charge on any atom is -0.353 e. The van der Waals surface area contributed by atoms with E-state index in [1.165, 1.54) is 0 Å². The van der Waals surface area contributed by atoms with Crippen molar-refractivity contribution in [2.75, 3.05) is 15.5 Å². The van der Waals surface area contributed by atoms with Crippen LogP contribution in [0.5, 0.6) is 0 Å². The molecular weight excluding hydrogens is 342 g/mol. The van der Waals surface area contributed by atoms with E-state index in [4.69, 9.17) is 0 Å². The summed E-state index contributed by atoms with van der Waals surface area (Å²) in [5.74, 6) is -0.991. The van der Waals surface area contributed by atoms with Gasteiger partial charge in [-0.1, -0.05) is 24.3 Å². The number of nitrogens with one attached hydrogen (secondary N) is 2. The molecule has 130 valence electrons. The molecule has 6 heteroatoms. The quantitative estimate of drug-likeness (QED) is 0.651. The van der Waals surface area contributed by atoms with Crippen LogP contribution in [0.15, 0.2) is 66.7 Å². The van der Waals surface area contributed by atoms with Gasteiger partial charge in [0.1, 0.15) is 0 Å². The molecule has 0 aromatic heterocycles. The second-order valence-corrected chi connectivity index (χ2v) is 6.35. The molecule has 0 saturated heterocycles. The Morgan fingerprint density at radius 2 is 1.22 bits per heavy atom. The number of carbonyl (C=O) groups excluding carboxylic acids is 3. The first-order valence-corrected chi connectivity index (χ1v) is 8.43. The summed E-state index contributed by atoms with van der Waals surface area (Å²) >= 11 is 0. The Hall–Kier alpha value is -3.93. The normalized spacial score (nSPS) is 14.7. The maximum absolute atomic E-state index is 12.7. The lowest BCUT2D eigenvalue weighted by Crippen LogP contribution is -2.29. The Balaban J connectivity index is 1.57. The Kier molecular flexibility index (Phi) is 3.14. The fourth-order valence-electron chi connectivity index (χ4n) is 3.43. The first-order chi connectivity index (χ1) is 13.1. The van der Waals surface area contributed by atoms with Gasteiger partial charge in [-0.05, 0) is 42.5 Å². The van der Waals surface area contributed by atoms with Crippen molar-refractivity contribution in [1.82, 2.24) is 0 Å². The Bertz CT molecular complexity index is 1120. The van der Waals surface area contributed by atoms with Gasteiger partial charge in [0.2, 0.25) is 0 Å². The van der Waals surface area contributed by atoms with Crippen LogP contribution in [-0.2, 0) is 0 Å². The second kappa shape index (κ2) is 5.54. The third-order valence-corrected chi connectivity index (χ3v) is 4.74. The van der Waals surface area contributed by atoms with Gasteiger partial charge in [0, 0.05) is 0 Å². The van der Waals surface area contributed by atoms with Crippen LogP contribution in [0.4, 0.5) is 22.7 Å². The Morgan fingerprint density at radius 3 is 1.93 bits per heavy atom. The molecule has 5 rings (SSSR count). The molecule has 2 aliphatic heterocycles. The van der Waals surface area contributed by atoms with Crippen molar-refractivity contribution in [3.8, 4) is 0 Å². The summed E-state index contributed by atoms with van der Waals surface area (Å²) < 4.78 is 0. The van der Waals surface area contributed by atoms with Crippen molar-refractivity contribution in [3.63, 3.8) is 0 Å². The number of benzene rings is 3. The van der Waals surface area contributed by atoms with Crippen LogP contribution in [0, 0.1) is 0 Å². The number of imide groups is 1. The van der Waals surface area contributed by atoms with Crippen LogP contribution in [-0.4, -0.2) is 17.7 Å². The predicted octanol–water partition coefficient (Wildman–Crippen LogP) is 3.80. The SMILES string of the molecule is O=C1Nc2cc(N3C(=O)c4ccccc4C3=O)ccc2Nc2ccccc21. The van der Waals surface area contributed by atoms with Crippen molar-refractivity contribution in [1.29, 1.82) is 0 Å². The molecule has 0 bridgehead atoms. The number of anilines is 4. The first kappa shape index (κ1) is 15.3. The highest BCUT2D eigenvalue weighted by atomic mass is 16.2. The molecule has 6 nitrogen and oxygen atoms in total. The van der Waals surface area contributed by atoms with Crippen molar-refractivity contribution >= 4 is 40.5 Å². The molecule has 3 aromatic rings. The minimum atomic E-state index is -0.369. The number of fused-ring (bicyclic) bond motifs is 3. The van der Waals surface area contributed by atoms with Crippen LogP contribution in [0.25, 0.3) is 0 Å². The summed E-state index contributed by atoms with van der Waals surface area (Å²) in [7, 11) is 0. The lowest BCUT2D eigenvalue weighted by molar-refractivity contribution is 0.0925. The molecule has 2 heterocycles. The summed E-state index contributed by atoms with van der Waals surface area (Å²) in [6, 6.07) is 19.0. The van der Waals surface area contributed by atoms with Gasteiger partial charge in [-0.25, -0.2) is 4.90 Å². The molecule has 3 amide bonds. The minimum absolute atomic E-state index is 0.253. The molecule has 0 unspecified atom stereocenters. The monoisotopic (exact) mass is 355 g/mol. The van der Waals surface area contributed by atoms with Crippen LogP contribution in [0.2, 0.25) is 0 Å². The van der Waals surface area contributed by atoms with Crippen molar-refractivity contribution in [2.24, 2.45) is 0 Å². The summed E-state index contributed by atoms with van der Waals surface area (Å²) in [4.78, 5) is 39.0. The summed E-state index contributed by atoms with van der Waals surface area (Å²) in [5, 5.41) is 6.06. The molecular formula is C21H13N3O3. The summed E-state index contributed by atoms with van der Waals surface area (Å²) in [6.45, 7) is 0. The van der Waals surface area contributed by atoms with E-state index < -0.39 is 0 Å². The highest BCUT2D eigenvalue weighted by Crippen LogP contribution is 2.36. The lowest BCUT2D eigenvalue weighted by Gasteiger charge is -2.17. The van der Waals surface area contributed by atoms with Gasteiger partial charge in [0.15, 0.2) is 0 Å². The molecule has 0 atom stereocenters. The molecule has 0 spiro atoms. The molecule has 27 heavy (non-hydrogen) atoms. The maximum atomic E-state index is 12.7. The average molecular weight is 355 g/mol. The van der Waals surface area contributed by atoms with E-state index >= 15 is 0 Å². The van der Waals surface area contributed by atoms with E-state index in [1.807, 2.05) is 12.1 Å². The fourth-order valence-corrected chi connectivity index (χ4v) is 3.43. The fraction of sp³-hybridized carbons (Fsp3) is 0. The van der Waals surface area contributed by atoms with Crippen LogP contribution in [0.1, 0.15) is 31.1 Å². The van der Waals surface area contributed by atoms with Gasteiger partial charge in [-0.3, -0.25) is 14.4 Å². The third kappa shape index (κ3) is 2.23. The van der Waals surface area contributed by atoms with Crippen LogP contribution < -0.4 is 15.5 Å². The topological polar surface area (TPSA) is 78.5 Å². The molecule has 2 N–H and O–H groups in total. The van der Waals surface area contributed by atoms with Crippen molar-refractivity contribution in [2.45, 2.75) is 0 Å². The number of para-hydroxylation sites is 1. The van der Waals surface area contributed by atoms with Gasteiger partial charge in [0.05, 0.1) is 39.4 Å². The van der Waals surface area contributed by atoms with Crippen LogP contribution >= 0.6 is 0 Å². The smallest absolute Gasteiger partial charge is 0.266 e. The molecule has 0 radical (unpaired) electrons. The zero-order valence-electron chi connectivity index (χ0n) is 14.0. The average Bonchev–Trinajstić information content (AvgIpc) is 2.85. The van der Waals surface area contributed by atoms with E-state index in [-0.39, 0.29) is 17.7 Å². The van der Waals surface area contributed by atoms with Gasteiger partial charge < -0.3 is 10.6 Å². The third-order valence-electron chi connectivity index (χ3n) is 4.74. The van der Waals surface area contributed by atoms with Gasteiger partial charge in [-0.15, -0.1) is 0 Å². The molecule has 0 aliphatic carbocycles. The summed E-state index contributed by atoms with van der Waals surface area (Å²) in [6.07, 6.45) is 0. The molecule has 2 aliphatic rings. The highest BCUT2D eigenvalue weighted by molar-refractivity contribution is 6.34. The number of amides is 3. The van der Waals surface area contributed by atoms with Gasteiger partial charge in [-0.2, -0.15) is 0 Å². The van der Waals surface area contributed by atoms with Gasteiger partial charge >= 0.3 is 0 Å². The Labute approximate surface area is 154 Å². The number of carbonyl (C=O) groups is 3. The highest BCUT2D eigenvalue weighted by Gasteiger charge is 2.36. The number of hydrogen-bond acceptors (Lipinski definition) is 4. The number of nitrogens with zero attached hydrogens (tertiary/aromatic N) is 1. The van der Waals surface area contributed by atoms with E-state index in [9.17, 15) is 14.4 Å². The number of rotatable bonds is 1. The first-order valence-electron chi connectivity index (χ1n) is 8.43. The zero-order valence-corrected chi connectivity index (χ0v) is 14.0. The summed E-state index contributed by atoms with van der Waals surface area (Å²) in [5.41, 5.74) is 3.59.